The van der Waals surface area contributed by atoms with Gasteiger partial charge in [0.25, 0.3) is 0 Å². The molecule has 38 heavy (non-hydrogen) atoms. The molecule has 6 heteroatoms. The van der Waals surface area contributed by atoms with Crippen LogP contribution < -0.4 is 9.47 Å². The van der Waals surface area contributed by atoms with Crippen LogP contribution in [0.3, 0.4) is 0 Å². The minimum atomic E-state index is -0.778. The third-order valence-electron chi connectivity index (χ3n) is 7.49. The molecule has 0 saturated carbocycles. The predicted molar refractivity (Wildman–Crippen MR) is 151 cm³/mol. The molecule has 2 aromatic carbocycles. The van der Waals surface area contributed by atoms with Gasteiger partial charge in [0.1, 0.15) is 11.9 Å². The first-order valence-electron chi connectivity index (χ1n) is 13.8. The maximum absolute atomic E-state index is 11.3. The van der Waals surface area contributed by atoms with Gasteiger partial charge in [-0.25, -0.2) is 4.98 Å². The fraction of sp³-hybridized carbons (Fsp3) is 0.438. The molecule has 6 nitrogen and oxygen atoms in total. The van der Waals surface area contributed by atoms with Crippen LogP contribution in [0.4, 0.5) is 0 Å². The fourth-order valence-corrected chi connectivity index (χ4v) is 5.13. The second kappa shape index (κ2) is 12.4. The third kappa shape index (κ3) is 6.36. The number of hydrogen-bond donors (Lipinski definition) is 1. The van der Waals surface area contributed by atoms with Crippen molar-refractivity contribution in [2.24, 2.45) is 5.92 Å². The Bertz CT molecular complexity index is 1270. The van der Waals surface area contributed by atoms with Crippen LogP contribution in [-0.2, 0) is 24.2 Å². The number of aromatic nitrogens is 1. The predicted octanol–water partition coefficient (Wildman–Crippen LogP) is 6.63. The van der Waals surface area contributed by atoms with Crippen LogP contribution >= 0.6 is 0 Å². The molecule has 2 atom stereocenters. The van der Waals surface area contributed by atoms with E-state index in [2.05, 4.69) is 54.9 Å². The standard InChI is InChI=1S/C32H40N2O4/c1-6-34(7-2)20-26-17-25(11-13-27(26)28-18-31(37-8-3)33-19-22(28)5)29-14-12-24-10-9-23(16-30(24)38-29)15-21(4)32(35)36/h9-11,13,16-19,21,29H,6-8,12,14-15,20H2,1-5H3,(H,35,36). The summed E-state index contributed by atoms with van der Waals surface area (Å²) in [7, 11) is 0. The molecular weight excluding hydrogens is 476 g/mol. The number of rotatable bonds is 11. The van der Waals surface area contributed by atoms with Gasteiger partial charge in [0.15, 0.2) is 0 Å². The van der Waals surface area contributed by atoms with E-state index in [9.17, 15) is 9.90 Å². The molecule has 2 unspecified atom stereocenters. The lowest BCUT2D eigenvalue weighted by atomic mass is 9.90. The Balaban J connectivity index is 1.67. The van der Waals surface area contributed by atoms with Gasteiger partial charge in [-0.15, -0.1) is 0 Å². The third-order valence-corrected chi connectivity index (χ3v) is 7.49. The van der Waals surface area contributed by atoms with E-state index in [1.54, 1.807) is 6.92 Å². The van der Waals surface area contributed by atoms with Crippen LogP contribution in [0.15, 0.2) is 48.7 Å². The van der Waals surface area contributed by atoms with Crippen LogP contribution in [-0.4, -0.2) is 40.7 Å². The van der Waals surface area contributed by atoms with Crippen molar-refractivity contribution in [3.63, 3.8) is 0 Å². The second-order valence-electron chi connectivity index (χ2n) is 10.2. The smallest absolute Gasteiger partial charge is 0.306 e. The summed E-state index contributed by atoms with van der Waals surface area (Å²) < 4.78 is 12.3. The summed E-state index contributed by atoms with van der Waals surface area (Å²) in [5.41, 5.74) is 8.07. The lowest BCUT2D eigenvalue weighted by molar-refractivity contribution is -0.141. The highest BCUT2D eigenvalue weighted by atomic mass is 16.5. The van der Waals surface area contributed by atoms with Gasteiger partial charge in [0.05, 0.1) is 12.5 Å². The van der Waals surface area contributed by atoms with Crippen LogP contribution in [0, 0.1) is 12.8 Å². The molecule has 1 aromatic heterocycles. The summed E-state index contributed by atoms with van der Waals surface area (Å²) in [4.78, 5) is 18.2. The monoisotopic (exact) mass is 516 g/mol. The van der Waals surface area contributed by atoms with Crippen LogP contribution in [0.2, 0.25) is 0 Å². The van der Waals surface area contributed by atoms with Gasteiger partial charge in [0, 0.05) is 18.8 Å². The molecule has 0 bridgehead atoms. The zero-order valence-corrected chi connectivity index (χ0v) is 23.3. The average molecular weight is 517 g/mol. The maximum atomic E-state index is 11.3. The molecule has 0 spiro atoms. The fourth-order valence-electron chi connectivity index (χ4n) is 5.13. The summed E-state index contributed by atoms with van der Waals surface area (Å²) in [6.07, 6.45) is 4.18. The Morgan fingerprint density at radius 1 is 1.13 bits per heavy atom. The molecule has 0 fully saturated rings. The largest absolute Gasteiger partial charge is 0.485 e. The van der Waals surface area contributed by atoms with Gasteiger partial charge in [-0.1, -0.05) is 51.1 Å². The lowest BCUT2D eigenvalue weighted by Crippen LogP contribution is -2.23. The molecule has 0 radical (unpaired) electrons. The molecule has 3 aromatic rings. The van der Waals surface area contributed by atoms with Crippen molar-refractivity contribution in [1.29, 1.82) is 0 Å². The number of fused-ring (bicyclic) bond motifs is 1. The van der Waals surface area contributed by atoms with Crippen LogP contribution in [0.1, 0.15) is 68.0 Å². The first-order valence-corrected chi connectivity index (χ1v) is 13.8. The first kappa shape index (κ1) is 27.6. The van der Waals surface area contributed by atoms with Crippen molar-refractivity contribution >= 4 is 5.97 Å². The van der Waals surface area contributed by atoms with Crippen molar-refractivity contribution in [2.45, 2.75) is 66.5 Å². The Kier molecular flexibility index (Phi) is 9.05. The van der Waals surface area contributed by atoms with Gasteiger partial charge in [-0.3, -0.25) is 9.69 Å². The highest BCUT2D eigenvalue weighted by molar-refractivity contribution is 5.72. The molecule has 202 valence electrons. The van der Waals surface area contributed by atoms with Gasteiger partial charge in [-0.05, 0) is 91.2 Å². The summed E-state index contributed by atoms with van der Waals surface area (Å²) in [5.74, 6) is 0.311. The Hall–Kier alpha value is -3.38. The molecule has 1 N–H and O–H groups in total. The number of pyridine rings is 1. The minimum absolute atomic E-state index is 0.0447. The summed E-state index contributed by atoms with van der Waals surface area (Å²) >= 11 is 0. The molecule has 2 heterocycles. The maximum Gasteiger partial charge on any atom is 0.306 e. The first-order chi connectivity index (χ1) is 18.3. The number of aliphatic carboxylic acids is 1. The normalized spacial score (nSPS) is 15.6. The summed E-state index contributed by atoms with van der Waals surface area (Å²) in [6.45, 7) is 13.6. The zero-order valence-electron chi connectivity index (χ0n) is 23.3. The van der Waals surface area contributed by atoms with Crippen molar-refractivity contribution < 1.29 is 19.4 Å². The summed E-state index contributed by atoms with van der Waals surface area (Å²) in [5, 5.41) is 9.32. The quantitative estimate of drug-likeness (QED) is 0.309. The zero-order chi connectivity index (χ0) is 27.2. The van der Waals surface area contributed by atoms with E-state index in [-0.39, 0.29) is 6.10 Å². The molecule has 1 aliphatic rings. The number of carboxylic acid groups (broad SMARTS) is 1. The van der Waals surface area contributed by atoms with E-state index in [0.29, 0.717) is 18.9 Å². The van der Waals surface area contributed by atoms with Crippen LogP contribution in [0.5, 0.6) is 11.6 Å². The molecule has 0 saturated heterocycles. The van der Waals surface area contributed by atoms with E-state index in [1.165, 1.54) is 22.3 Å². The van der Waals surface area contributed by atoms with Gasteiger partial charge >= 0.3 is 5.97 Å². The summed E-state index contributed by atoms with van der Waals surface area (Å²) in [6, 6.07) is 14.9. The number of aryl methyl sites for hydroxylation is 2. The molecule has 4 rings (SSSR count). The number of nitrogens with zero attached hydrogens (tertiary/aromatic N) is 2. The highest BCUT2D eigenvalue weighted by Gasteiger charge is 2.24. The van der Waals surface area contributed by atoms with Crippen molar-refractivity contribution in [2.75, 3.05) is 19.7 Å². The Morgan fingerprint density at radius 2 is 1.92 bits per heavy atom. The van der Waals surface area contributed by atoms with Crippen LogP contribution in [0.25, 0.3) is 11.1 Å². The van der Waals surface area contributed by atoms with Crippen molar-refractivity contribution in [1.82, 2.24) is 9.88 Å². The van der Waals surface area contributed by atoms with E-state index >= 15 is 0 Å². The average Bonchev–Trinajstić information content (AvgIpc) is 2.92. The van der Waals surface area contributed by atoms with Gasteiger partial charge in [0.2, 0.25) is 5.88 Å². The van der Waals surface area contributed by atoms with Crippen molar-refractivity contribution in [3.8, 4) is 22.8 Å². The van der Waals surface area contributed by atoms with E-state index in [1.807, 2.05) is 31.3 Å². The van der Waals surface area contributed by atoms with Gasteiger partial charge < -0.3 is 14.6 Å². The Morgan fingerprint density at radius 3 is 2.63 bits per heavy atom. The number of ether oxygens (including phenoxy) is 2. The highest BCUT2D eigenvalue weighted by Crippen LogP contribution is 2.38. The van der Waals surface area contributed by atoms with E-state index < -0.39 is 11.9 Å². The molecule has 0 amide bonds. The van der Waals surface area contributed by atoms with Gasteiger partial charge in [-0.2, -0.15) is 0 Å². The van der Waals surface area contributed by atoms with E-state index in [0.717, 1.165) is 54.9 Å². The van der Waals surface area contributed by atoms with E-state index in [4.69, 9.17) is 9.47 Å². The number of carboxylic acids is 1. The second-order valence-corrected chi connectivity index (χ2v) is 10.2. The number of benzene rings is 2. The molecule has 1 aliphatic heterocycles. The number of carbonyl (C=O) groups is 1. The molecular formula is C32H40N2O4. The molecule has 0 aliphatic carbocycles. The topological polar surface area (TPSA) is 71.9 Å². The minimum Gasteiger partial charge on any atom is -0.485 e. The SMILES string of the molecule is CCOc1cc(-c2ccc(C3CCc4ccc(CC(C)C(=O)O)cc4O3)cc2CN(CC)CC)c(C)cn1. The van der Waals surface area contributed by atoms with Crippen molar-refractivity contribution in [3.05, 3.63) is 76.5 Å². The number of hydrogen-bond acceptors (Lipinski definition) is 5. The Labute approximate surface area is 226 Å². The lowest BCUT2D eigenvalue weighted by Gasteiger charge is -2.28.